The molecule has 0 spiro atoms. The van der Waals surface area contributed by atoms with E-state index >= 15 is 0 Å². The van der Waals surface area contributed by atoms with Gasteiger partial charge in [-0.25, -0.2) is 0 Å². The number of pyridine rings is 1. The van der Waals surface area contributed by atoms with Crippen molar-refractivity contribution in [1.82, 2.24) is 4.98 Å². The highest BCUT2D eigenvalue weighted by Gasteiger charge is 2.05. The fourth-order valence-corrected chi connectivity index (χ4v) is 2.39. The maximum absolute atomic E-state index is 5.31. The lowest BCUT2D eigenvalue weighted by molar-refractivity contribution is 0.415. The summed E-state index contributed by atoms with van der Waals surface area (Å²) in [5.74, 6) is 0.886. The summed E-state index contributed by atoms with van der Waals surface area (Å²) in [5.41, 5.74) is 2.39. The molecule has 3 aromatic rings. The van der Waals surface area contributed by atoms with Crippen molar-refractivity contribution in [3.8, 4) is 5.75 Å². The van der Waals surface area contributed by atoms with E-state index in [4.69, 9.17) is 4.74 Å². The third kappa shape index (κ3) is 1.61. The van der Waals surface area contributed by atoms with Crippen molar-refractivity contribution in [1.29, 1.82) is 0 Å². The molecule has 1 aromatic heterocycles. The smallest absolute Gasteiger partial charge is 0.119 e. The van der Waals surface area contributed by atoms with Crippen LogP contribution in [0.2, 0.25) is 0 Å². The molecular formula is C16H15NO. The summed E-state index contributed by atoms with van der Waals surface area (Å²) in [7, 11) is 1.70. The average Bonchev–Trinajstić information content (AvgIpc) is 2.45. The number of hydrogen-bond donors (Lipinski definition) is 0. The van der Waals surface area contributed by atoms with Crippen LogP contribution in [0.15, 0.2) is 42.6 Å². The average molecular weight is 237 g/mol. The van der Waals surface area contributed by atoms with Crippen LogP contribution in [-0.2, 0) is 6.42 Å². The van der Waals surface area contributed by atoms with E-state index in [2.05, 4.69) is 42.2 Å². The van der Waals surface area contributed by atoms with Crippen molar-refractivity contribution in [3.63, 3.8) is 0 Å². The van der Waals surface area contributed by atoms with E-state index in [9.17, 15) is 0 Å². The number of benzene rings is 2. The van der Waals surface area contributed by atoms with Gasteiger partial charge in [-0.2, -0.15) is 0 Å². The first-order valence-electron chi connectivity index (χ1n) is 6.18. The Morgan fingerprint density at radius 1 is 1.11 bits per heavy atom. The number of methoxy groups -OCH3 is 1. The highest BCUT2D eigenvalue weighted by atomic mass is 16.5. The van der Waals surface area contributed by atoms with Crippen LogP contribution in [0.25, 0.3) is 21.7 Å². The quantitative estimate of drug-likeness (QED) is 0.629. The van der Waals surface area contributed by atoms with Crippen LogP contribution >= 0.6 is 0 Å². The Hall–Kier alpha value is -2.09. The van der Waals surface area contributed by atoms with Crippen LogP contribution in [0.3, 0.4) is 0 Å². The van der Waals surface area contributed by atoms with E-state index in [0.717, 1.165) is 23.1 Å². The zero-order chi connectivity index (χ0) is 12.5. The van der Waals surface area contributed by atoms with Gasteiger partial charge >= 0.3 is 0 Å². The van der Waals surface area contributed by atoms with Crippen molar-refractivity contribution in [3.05, 3.63) is 48.2 Å². The molecule has 1 heterocycles. The second-order valence-corrected chi connectivity index (χ2v) is 4.38. The molecule has 18 heavy (non-hydrogen) atoms. The van der Waals surface area contributed by atoms with E-state index in [0.29, 0.717) is 0 Å². The van der Waals surface area contributed by atoms with Crippen LogP contribution < -0.4 is 4.74 Å². The van der Waals surface area contributed by atoms with Gasteiger partial charge in [-0.1, -0.05) is 25.1 Å². The Morgan fingerprint density at radius 2 is 2.00 bits per heavy atom. The van der Waals surface area contributed by atoms with E-state index in [1.807, 2.05) is 12.3 Å². The highest BCUT2D eigenvalue weighted by Crippen LogP contribution is 2.28. The number of para-hydroxylation sites is 1. The van der Waals surface area contributed by atoms with Crippen molar-refractivity contribution >= 4 is 21.7 Å². The summed E-state index contributed by atoms with van der Waals surface area (Å²) in [6.45, 7) is 2.16. The summed E-state index contributed by atoms with van der Waals surface area (Å²) in [4.78, 5) is 4.59. The molecule has 2 heteroatoms. The molecule has 0 unspecified atom stereocenters. The number of aryl methyl sites for hydroxylation is 1. The lowest BCUT2D eigenvalue weighted by Gasteiger charge is -2.08. The molecule has 2 nitrogen and oxygen atoms in total. The van der Waals surface area contributed by atoms with Gasteiger partial charge in [0.1, 0.15) is 5.75 Å². The van der Waals surface area contributed by atoms with Gasteiger partial charge in [0.05, 0.1) is 12.6 Å². The standard InChI is InChI=1S/C16H15NO/c1-3-11-5-4-6-14-15-9-13(18-2)8-7-12(15)10-17-16(11)14/h4-10H,3H2,1-2H3. The first-order valence-corrected chi connectivity index (χ1v) is 6.18. The Morgan fingerprint density at radius 3 is 2.78 bits per heavy atom. The molecule has 0 atom stereocenters. The van der Waals surface area contributed by atoms with Gasteiger partial charge in [0, 0.05) is 17.0 Å². The maximum Gasteiger partial charge on any atom is 0.119 e. The predicted molar refractivity (Wildman–Crippen MR) is 75.2 cm³/mol. The Kier molecular flexibility index (Phi) is 2.63. The molecule has 0 aliphatic heterocycles. The minimum absolute atomic E-state index is 0.886. The molecule has 0 bridgehead atoms. The fraction of sp³-hybridized carbons (Fsp3) is 0.188. The van der Waals surface area contributed by atoms with E-state index in [-0.39, 0.29) is 0 Å². The number of nitrogens with zero attached hydrogens (tertiary/aromatic N) is 1. The molecule has 0 aliphatic rings. The van der Waals surface area contributed by atoms with Crippen LogP contribution in [0.4, 0.5) is 0 Å². The summed E-state index contributed by atoms with van der Waals surface area (Å²) >= 11 is 0. The van der Waals surface area contributed by atoms with Gasteiger partial charge in [0.2, 0.25) is 0 Å². The summed E-state index contributed by atoms with van der Waals surface area (Å²) in [6, 6.07) is 12.5. The number of aromatic nitrogens is 1. The molecule has 0 saturated carbocycles. The van der Waals surface area contributed by atoms with E-state index < -0.39 is 0 Å². The number of rotatable bonds is 2. The van der Waals surface area contributed by atoms with Crippen molar-refractivity contribution in [2.24, 2.45) is 0 Å². The first-order chi connectivity index (χ1) is 8.83. The third-order valence-corrected chi connectivity index (χ3v) is 3.38. The predicted octanol–water partition coefficient (Wildman–Crippen LogP) is 3.96. The van der Waals surface area contributed by atoms with Gasteiger partial charge in [-0.3, -0.25) is 4.98 Å². The van der Waals surface area contributed by atoms with Gasteiger partial charge in [0.25, 0.3) is 0 Å². The topological polar surface area (TPSA) is 22.1 Å². The molecule has 0 fully saturated rings. The van der Waals surface area contributed by atoms with E-state index in [1.165, 1.54) is 16.3 Å². The molecule has 90 valence electrons. The minimum Gasteiger partial charge on any atom is -0.497 e. The molecule has 0 radical (unpaired) electrons. The second-order valence-electron chi connectivity index (χ2n) is 4.38. The number of fused-ring (bicyclic) bond motifs is 3. The monoisotopic (exact) mass is 237 g/mol. The largest absolute Gasteiger partial charge is 0.497 e. The van der Waals surface area contributed by atoms with Gasteiger partial charge in [-0.15, -0.1) is 0 Å². The number of hydrogen-bond acceptors (Lipinski definition) is 2. The van der Waals surface area contributed by atoms with Crippen molar-refractivity contribution < 1.29 is 4.74 Å². The van der Waals surface area contributed by atoms with Crippen LogP contribution in [-0.4, -0.2) is 12.1 Å². The van der Waals surface area contributed by atoms with Crippen LogP contribution in [0.1, 0.15) is 12.5 Å². The Bertz CT molecular complexity index is 719. The normalized spacial score (nSPS) is 11.0. The van der Waals surface area contributed by atoms with Gasteiger partial charge in [-0.05, 0) is 35.6 Å². The maximum atomic E-state index is 5.31. The molecule has 2 aromatic carbocycles. The molecule has 0 saturated heterocycles. The molecule has 0 amide bonds. The highest BCUT2D eigenvalue weighted by molar-refractivity contribution is 6.06. The van der Waals surface area contributed by atoms with Crippen molar-refractivity contribution in [2.75, 3.05) is 7.11 Å². The third-order valence-electron chi connectivity index (χ3n) is 3.38. The summed E-state index contributed by atoms with van der Waals surface area (Å²) < 4.78 is 5.31. The van der Waals surface area contributed by atoms with E-state index in [1.54, 1.807) is 7.11 Å². The molecule has 0 N–H and O–H groups in total. The molecule has 0 aliphatic carbocycles. The lowest BCUT2D eigenvalue weighted by Crippen LogP contribution is -1.89. The fourth-order valence-electron chi connectivity index (χ4n) is 2.39. The lowest BCUT2D eigenvalue weighted by atomic mass is 10.0. The first kappa shape index (κ1) is 11.0. The molecule has 3 rings (SSSR count). The van der Waals surface area contributed by atoms with Gasteiger partial charge in [0.15, 0.2) is 0 Å². The summed E-state index contributed by atoms with van der Waals surface area (Å²) in [6.07, 6.45) is 2.94. The van der Waals surface area contributed by atoms with Crippen LogP contribution in [0, 0.1) is 0 Å². The SMILES string of the molecule is CCc1cccc2c1ncc1ccc(OC)cc12. The van der Waals surface area contributed by atoms with Crippen molar-refractivity contribution in [2.45, 2.75) is 13.3 Å². The zero-order valence-corrected chi connectivity index (χ0v) is 10.6. The Balaban J connectivity index is 2.44. The number of ether oxygens (including phenoxy) is 1. The minimum atomic E-state index is 0.886. The van der Waals surface area contributed by atoms with Crippen LogP contribution in [0.5, 0.6) is 5.75 Å². The van der Waals surface area contributed by atoms with Gasteiger partial charge < -0.3 is 4.74 Å². The Labute approximate surface area is 106 Å². The zero-order valence-electron chi connectivity index (χ0n) is 10.6. The second kappa shape index (κ2) is 4.30. The molecular weight excluding hydrogens is 222 g/mol. The summed E-state index contributed by atoms with van der Waals surface area (Å²) in [5, 5.41) is 3.55.